The first kappa shape index (κ1) is 17.5. The Balaban J connectivity index is 1.36. The van der Waals surface area contributed by atoms with Crippen molar-refractivity contribution in [1.82, 2.24) is 30.0 Å². The van der Waals surface area contributed by atoms with Gasteiger partial charge in [-0.1, -0.05) is 11.6 Å². The van der Waals surface area contributed by atoms with Crippen molar-refractivity contribution in [3.63, 3.8) is 0 Å². The summed E-state index contributed by atoms with van der Waals surface area (Å²) in [6.45, 7) is 3.44. The first-order chi connectivity index (χ1) is 13.1. The minimum atomic E-state index is -0.0814. The molecule has 9 heteroatoms. The number of H-pyrrole nitrogens is 1. The molecule has 3 aromatic rings. The Bertz CT molecular complexity index is 918. The van der Waals surface area contributed by atoms with E-state index in [-0.39, 0.29) is 18.5 Å². The highest BCUT2D eigenvalue weighted by Gasteiger charge is 2.26. The second kappa shape index (κ2) is 7.40. The van der Waals surface area contributed by atoms with Crippen molar-refractivity contribution in [3.05, 3.63) is 47.5 Å². The topological polar surface area (TPSA) is 91.7 Å². The Morgan fingerprint density at radius 1 is 1.44 bits per heavy atom. The van der Waals surface area contributed by atoms with E-state index >= 15 is 0 Å². The SMILES string of the molecule is Cc1nn(CC(=O)NC2CCN(c3nccc(-c4ccc[nH]4)n3)C2)cc1Cl. The molecule has 140 valence electrons. The number of aryl methyl sites for hydroxylation is 1. The van der Waals surface area contributed by atoms with Gasteiger partial charge in [0.25, 0.3) is 0 Å². The fraction of sp³-hybridized carbons (Fsp3) is 0.333. The second-order valence-corrected chi connectivity index (χ2v) is 6.99. The summed E-state index contributed by atoms with van der Waals surface area (Å²) < 4.78 is 1.56. The molecule has 1 unspecified atom stereocenters. The number of rotatable bonds is 5. The van der Waals surface area contributed by atoms with Crippen LogP contribution < -0.4 is 10.2 Å². The monoisotopic (exact) mass is 385 g/mol. The zero-order valence-corrected chi connectivity index (χ0v) is 15.6. The minimum Gasteiger partial charge on any atom is -0.360 e. The number of hydrogen-bond acceptors (Lipinski definition) is 5. The van der Waals surface area contributed by atoms with Crippen molar-refractivity contribution < 1.29 is 4.79 Å². The normalized spacial score (nSPS) is 16.7. The molecule has 0 aromatic carbocycles. The Hall–Kier alpha value is -2.87. The molecule has 1 atom stereocenters. The van der Waals surface area contributed by atoms with E-state index in [1.165, 1.54) is 0 Å². The van der Waals surface area contributed by atoms with Crippen molar-refractivity contribution in [3.8, 4) is 11.4 Å². The molecule has 4 rings (SSSR count). The first-order valence-electron chi connectivity index (χ1n) is 8.79. The third kappa shape index (κ3) is 3.95. The lowest BCUT2D eigenvalue weighted by Gasteiger charge is -2.17. The van der Waals surface area contributed by atoms with Crippen LogP contribution in [0.5, 0.6) is 0 Å². The Morgan fingerprint density at radius 2 is 2.33 bits per heavy atom. The van der Waals surface area contributed by atoms with Gasteiger partial charge in [-0.15, -0.1) is 0 Å². The molecule has 1 aliphatic heterocycles. The predicted molar refractivity (Wildman–Crippen MR) is 103 cm³/mol. The van der Waals surface area contributed by atoms with Crippen LogP contribution in [0.2, 0.25) is 5.02 Å². The van der Waals surface area contributed by atoms with E-state index < -0.39 is 0 Å². The van der Waals surface area contributed by atoms with Crippen molar-refractivity contribution in [1.29, 1.82) is 0 Å². The van der Waals surface area contributed by atoms with E-state index in [1.54, 1.807) is 17.1 Å². The number of carbonyl (C=O) groups is 1. The van der Waals surface area contributed by atoms with Gasteiger partial charge in [0, 0.05) is 37.7 Å². The molecule has 27 heavy (non-hydrogen) atoms. The van der Waals surface area contributed by atoms with Crippen LogP contribution in [0.4, 0.5) is 5.95 Å². The zero-order chi connectivity index (χ0) is 18.8. The fourth-order valence-electron chi connectivity index (χ4n) is 3.20. The Morgan fingerprint density at radius 3 is 3.07 bits per heavy atom. The van der Waals surface area contributed by atoms with Gasteiger partial charge in [-0.3, -0.25) is 9.48 Å². The molecule has 1 fully saturated rings. The number of amides is 1. The number of carbonyl (C=O) groups excluding carboxylic acids is 1. The maximum Gasteiger partial charge on any atom is 0.242 e. The van der Waals surface area contributed by atoms with Crippen LogP contribution in [0.3, 0.4) is 0 Å². The molecule has 0 bridgehead atoms. The van der Waals surface area contributed by atoms with Gasteiger partial charge in [0.15, 0.2) is 0 Å². The number of aromatic nitrogens is 5. The Kier molecular flexibility index (Phi) is 4.81. The van der Waals surface area contributed by atoms with Crippen molar-refractivity contribution >= 4 is 23.5 Å². The van der Waals surface area contributed by atoms with Crippen molar-refractivity contribution in [2.24, 2.45) is 0 Å². The fourth-order valence-corrected chi connectivity index (χ4v) is 3.35. The molecule has 3 aromatic heterocycles. The summed E-state index contributed by atoms with van der Waals surface area (Å²) in [5, 5.41) is 7.83. The summed E-state index contributed by atoms with van der Waals surface area (Å²) >= 11 is 5.98. The standard InChI is InChI=1S/C18H20ClN7O/c1-12-14(19)10-26(24-12)11-17(27)22-13-5-8-25(9-13)18-21-7-4-16(23-18)15-3-2-6-20-15/h2-4,6-7,10,13,20H,5,8-9,11H2,1H3,(H,22,27). The summed E-state index contributed by atoms with van der Waals surface area (Å²) in [4.78, 5) is 26.5. The van der Waals surface area contributed by atoms with Gasteiger partial charge < -0.3 is 15.2 Å². The average molecular weight is 386 g/mol. The maximum absolute atomic E-state index is 12.3. The van der Waals surface area contributed by atoms with Crippen LogP contribution >= 0.6 is 11.6 Å². The number of nitrogens with zero attached hydrogens (tertiary/aromatic N) is 5. The highest BCUT2D eigenvalue weighted by molar-refractivity contribution is 6.31. The third-order valence-corrected chi connectivity index (χ3v) is 4.92. The highest BCUT2D eigenvalue weighted by Crippen LogP contribution is 2.20. The van der Waals surface area contributed by atoms with Gasteiger partial charge in [0.05, 0.1) is 22.1 Å². The smallest absolute Gasteiger partial charge is 0.242 e. The molecule has 1 amide bonds. The van der Waals surface area contributed by atoms with Crippen LogP contribution in [-0.2, 0) is 11.3 Å². The van der Waals surface area contributed by atoms with Crippen LogP contribution in [0, 0.1) is 6.92 Å². The number of aromatic amines is 1. The van der Waals surface area contributed by atoms with E-state index in [0.29, 0.717) is 17.5 Å². The largest absolute Gasteiger partial charge is 0.360 e. The number of anilines is 1. The number of halogens is 1. The molecule has 1 aliphatic rings. The van der Waals surface area contributed by atoms with Crippen molar-refractivity contribution in [2.45, 2.75) is 25.9 Å². The molecule has 0 radical (unpaired) electrons. The lowest BCUT2D eigenvalue weighted by Crippen LogP contribution is -2.39. The van der Waals surface area contributed by atoms with Crippen LogP contribution in [0.15, 0.2) is 36.8 Å². The lowest BCUT2D eigenvalue weighted by atomic mass is 10.2. The minimum absolute atomic E-state index is 0.0578. The molecule has 8 nitrogen and oxygen atoms in total. The van der Waals surface area contributed by atoms with E-state index in [0.717, 1.165) is 30.0 Å². The molecule has 0 saturated carbocycles. The molecule has 0 spiro atoms. The van der Waals surface area contributed by atoms with Gasteiger partial charge in [0.2, 0.25) is 11.9 Å². The second-order valence-electron chi connectivity index (χ2n) is 6.58. The van der Waals surface area contributed by atoms with Gasteiger partial charge in [-0.2, -0.15) is 5.10 Å². The number of nitrogens with one attached hydrogen (secondary N) is 2. The lowest BCUT2D eigenvalue weighted by molar-refractivity contribution is -0.122. The summed E-state index contributed by atoms with van der Waals surface area (Å²) in [6, 6.07) is 5.85. The van der Waals surface area contributed by atoms with Gasteiger partial charge >= 0.3 is 0 Å². The van der Waals surface area contributed by atoms with E-state index in [1.807, 2.05) is 31.3 Å². The van der Waals surface area contributed by atoms with Crippen LogP contribution in [-0.4, -0.2) is 49.8 Å². The Labute approximate surface area is 161 Å². The molecular weight excluding hydrogens is 366 g/mol. The molecule has 0 aliphatic carbocycles. The third-order valence-electron chi connectivity index (χ3n) is 4.55. The van der Waals surface area contributed by atoms with Crippen LogP contribution in [0.25, 0.3) is 11.4 Å². The summed E-state index contributed by atoms with van der Waals surface area (Å²) in [5.74, 6) is 0.593. The first-order valence-corrected chi connectivity index (χ1v) is 9.17. The van der Waals surface area contributed by atoms with E-state index in [4.69, 9.17) is 11.6 Å². The number of hydrogen-bond donors (Lipinski definition) is 2. The van der Waals surface area contributed by atoms with E-state index in [2.05, 4.69) is 30.3 Å². The van der Waals surface area contributed by atoms with Crippen LogP contribution in [0.1, 0.15) is 12.1 Å². The predicted octanol–water partition coefficient (Wildman–Crippen LogP) is 2.03. The van der Waals surface area contributed by atoms with E-state index in [9.17, 15) is 4.79 Å². The van der Waals surface area contributed by atoms with Gasteiger partial charge in [0.1, 0.15) is 6.54 Å². The maximum atomic E-state index is 12.3. The van der Waals surface area contributed by atoms with Crippen molar-refractivity contribution in [2.75, 3.05) is 18.0 Å². The summed E-state index contributed by atoms with van der Waals surface area (Å²) in [5.41, 5.74) is 2.52. The summed E-state index contributed by atoms with van der Waals surface area (Å²) in [6.07, 6.45) is 6.14. The highest BCUT2D eigenvalue weighted by atomic mass is 35.5. The zero-order valence-electron chi connectivity index (χ0n) is 14.9. The molecular formula is C18H20ClN7O. The summed E-state index contributed by atoms with van der Waals surface area (Å²) in [7, 11) is 0. The molecule has 2 N–H and O–H groups in total. The van der Waals surface area contributed by atoms with Gasteiger partial charge in [-0.25, -0.2) is 9.97 Å². The quantitative estimate of drug-likeness (QED) is 0.701. The average Bonchev–Trinajstić information content (AvgIpc) is 3.38. The van der Waals surface area contributed by atoms with Gasteiger partial charge in [-0.05, 0) is 31.5 Å². The molecule has 1 saturated heterocycles. The molecule has 4 heterocycles.